The number of hydrogen-bond acceptors (Lipinski definition) is 3. The van der Waals surface area contributed by atoms with Crippen LogP contribution in [0, 0.1) is 11.3 Å². The average molecular weight is 202 g/mol. The summed E-state index contributed by atoms with van der Waals surface area (Å²) in [4.78, 5) is 2.03. The minimum atomic E-state index is -0.487. The zero-order chi connectivity index (χ0) is 10.7. The number of nitriles is 1. The third-order valence-corrected chi connectivity index (χ3v) is 2.83. The van der Waals surface area contributed by atoms with Crippen LogP contribution in [-0.4, -0.2) is 28.7 Å². The number of hydrogen-bond donors (Lipinski definition) is 1. The molecule has 1 saturated heterocycles. The summed E-state index contributed by atoms with van der Waals surface area (Å²) in [6.45, 7) is 1.55. The van der Waals surface area contributed by atoms with E-state index in [1.165, 1.54) is 5.56 Å². The first kappa shape index (κ1) is 10.2. The molecule has 78 valence electrons. The third-order valence-electron chi connectivity index (χ3n) is 2.83. The van der Waals surface area contributed by atoms with E-state index in [2.05, 4.69) is 6.07 Å². The SMILES string of the molecule is N#C[C@@H]1[C@@H](O)CCN1Cc1ccccc1. The minimum absolute atomic E-state index is 0.342. The van der Waals surface area contributed by atoms with Crippen molar-refractivity contribution in [3.63, 3.8) is 0 Å². The quantitative estimate of drug-likeness (QED) is 0.782. The van der Waals surface area contributed by atoms with E-state index >= 15 is 0 Å². The summed E-state index contributed by atoms with van der Waals surface area (Å²) in [7, 11) is 0. The van der Waals surface area contributed by atoms with E-state index < -0.39 is 6.10 Å². The zero-order valence-electron chi connectivity index (χ0n) is 8.50. The van der Waals surface area contributed by atoms with Gasteiger partial charge in [0.05, 0.1) is 12.2 Å². The Morgan fingerprint density at radius 3 is 2.80 bits per heavy atom. The van der Waals surface area contributed by atoms with Crippen molar-refractivity contribution in [1.82, 2.24) is 4.90 Å². The predicted molar refractivity (Wildman–Crippen MR) is 56.9 cm³/mol. The lowest BCUT2D eigenvalue weighted by atomic mass is 10.1. The molecule has 1 aliphatic heterocycles. The maximum atomic E-state index is 9.57. The van der Waals surface area contributed by atoms with Crippen molar-refractivity contribution in [1.29, 1.82) is 5.26 Å². The van der Waals surface area contributed by atoms with Crippen LogP contribution >= 0.6 is 0 Å². The highest BCUT2D eigenvalue weighted by atomic mass is 16.3. The smallest absolute Gasteiger partial charge is 0.124 e. The molecule has 1 aromatic rings. The van der Waals surface area contributed by atoms with Gasteiger partial charge in [0.25, 0.3) is 0 Å². The second-order valence-electron chi connectivity index (χ2n) is 3.89. The lowest BCUT2D eigenvalue weighted by Crippen LogP contribution is -2.33. The molecule has 1 heterocycles. The standard InChI is InChI=1S/C12H14N2O/c13-8-11-12(15)6-7-14(11)9-10-4-2-1-3-5-10/h1-5,11-12,15H,6-7,9H2/t11-,12+/m1/s1. The molecule has 3 heteroatoms. The van der Waals surface area contributed by atoms with Crippen molar-refractivity contribution in [2.75, 3.05) is 6.54 Å². The molecule has 2 atom stereocenters. The Bertz CT molecular complexity index is 358. The Hall–Kier alpha value is -1.37. The van der Waals surface area contributed by atoms with Gasteiger partial charge in [-0.15, -0.1) is 0 Å². The van der Waals surface area contributed by atoms with Crippen LogP contribution in [0.1, 0.15) is 12.0 Å². The molecule has 0 unspecified atom stereocenters. The normalized spacial score (nSPS) is 26.4. The van der Waals surface area contributed by atoms with Crippen molar-refractivity contribution in [3.05, 3.63) is 35.9 Å². The lowest BCUT2D eigenvalue weighted by molar-refractivity contribution is 0.142. The maximum absolute atomic E-state index is 9.57. The first-order valence-corrected chi connectivity index (χ1v) is 5.17. The van der Waals surface area contributed by atoms with Crippen molar-refractivity contribution < 1.29 is 5.11 Å². The number of nitrogens with zero attached hydrogens (tertiary/aromatic N) is 2. The van der Waals surface area contributed by atoms with E-state index in [-0.39, 0.29) is 6.04 Å². The molecule has 0 radical (unpaired) electrons. The summed E-state index contributed by atoms with van der Waals surface area (Å²) in [6.07, 6.45) is 0.212. The zero-order valence-corrected chi connectivity index (χ0v) is 8.50. The summed E-state index contributed by atoms with van der Waals surface area (Å²) < 4.78 is 0. The van der Waals surface area contributed by atoms with Crippen LogP contribution in [0.15, 0.2) is 30.3 Å². The van der Waals surface area contributed by atoms with Crippen LogP contribution in [0.2, 0.25) is 0 Å². The molecule has 0 aromatic heterocycles. The van der Waals surface area contributed by atoms with Crippen LogP contribution in [0.5, 0.6) is 0 Å². The molecule has 1 aliphatic rings. The fourth-order valence-electron chi connectivity index (χ4n) is 2.00. The molecule has 15 heavy (non-hydrogen) atoms. The largest absolute Gasteiger partial charge is 0.390 e. The van der Waals surface area contributed by atoms with Crippen molar-refractivity contribution in [3.8, 4) is 6.07 Å². The number of rotatable bonds is 2. The van der Waals surface area contributed by atoms with E-state index in [0.717, 1.165) is 13.1 Å². The van der Waals surface area contributed by atoms with E-state index in [1.54, 1.807) is 0 Å². The number of likely N-dealkylation sites (tertiary alicyclic amines) is 1. The molecule has 1 fully saturated rings. The summed E-state index contributed by atoms with van der Waals surface area (Å²) in [5.41, 5.74) is 1.19. The molecular weight excluding hydrogens is 188 g/mol. The summed E-state index contributed by atoms with van der Waals surface area (Å²) >= 11 is 0. The van der Waals surface area contributed by atoms with Gasteiger partial charge >= 0.3 is 0 Å². The molecule has 1 aromatic carbocycles. The Labute approximate surface area is 89.6 Å². The first-order chi connectivity index (χ1) is 7.31. The fourth-order valence-corrected chi connectivity index (χ4v) is 2.00. The third kappa shape index (κ3) is 2.17. The number of aliphatic hydroxyl groups excluding tert-OH is 1. The van der Waals surface area contributed by atoms with Crippen LogP contribution in [0.25, 0.3) is 0 Å². The van der Waals surface area contributed by atoms with Gasteiger partial charge in [0.15, 0.2) is 0 Å². The van der Waals surface area contributed by atoms with Gasteiger partial charge in [0.1, 0.15) is 6.04 Å². The second-order valence-corrected chi connectivity index (χ2v) is 3.89. The highest BCUT2D eigenvalue weighted by Crippen LogP contribution is 2.19. The Kier molecular flexibility index (Phi) is 3.00. The van der Waals surface area contributed by atoms with Gasteiger partial charge in [-0.25, -0.2) is 0 Å². The Balaban J connectivity index is 2.05. The van der Waals surface area contributed by atoms with Gasteiger partial charge in [-0.05, 0) is 12.0 Å². The summed E-state index contributed by atoms with van der Waals surface area (Å²) in [6, 6.07) is 11.9. The molecule has 0 bridgehead atoms. The van der Waals surface area contributed by atoms with E-state index in [0.29, 0.717) is 6.42 Å². The molecule has 1 N–H and O–H groups in total. The van der Waals surface area contributed by atoms with Gasteiger partial charge in [0.2, 0.25) is 0 Å². The summed E-state index contributed by atoms with van der Waals surface area (Å²) in [5, 5.41) is 18.5. The van der Waals surface area contributed by atoms with Crippen LogP contribution < -0.4 is 0 Å². The highest BCUT2D eigenvalue weighted by molar-refractivity contribution is 5.16. The van der Waals surface area contributed by atoms with Gasteiger partial charge in [0, 0.05) is 13.1 Å². The molecule has 0 spiro atoms. The van der Waals surface area contributed by atoms with Crippen molar-refractivity contribution in [2.45, 2.75) is 25.1 Å². The molecule has 2 rings (SSSR count). The maximum Gasteiger partial charge on any atom is 0.124 e. The van der Waals surface area contributed by atoms with Crippen LogP contribution in [0.4, 0.5) is 0 Å². The fraction of sp³-hybridized carbons (Fsp3) is 0.417. The molecule has 0 saturated carbocycles. The molecular formula is C12H14N2O. The van der Waals surface area contributed by atoms with Gasteiger partial charge in [-0.3, -0.25) is 4.90 Å². The van der Waals surface area contributed by atoms with Gasteiger partial charge in [-0.2, -0.15) is 5.26 Å². The van der Waals surface area contributed by atoms with E-state index in [4.69, 9.17) is 5.26 Å². The van der Waals surface area contributed by atoms with Crippen LogP contribution in [0.3, 0.4) is 0 Å². The monoisotopic (exact) mass is 202 g/mol. The molecule has 3 nitrogen and oxygen atoms in total. The predicted octanol–water partition coefficient (Wildman–Crippen LogP) is 1.15. The molecule has 0 amide bonds. The van der Waals surface area contributed by atoms with Crippen molar-refractivity contribution in [2.24, 2.45) is 0 Å². The highest BCUT2D eigenvalue weighted by Gasteiger charge is 2.32. The Morgan fingerprint density at radius 2 is 2.13 bits per heavy atom. The van der Waals surface area contributed by atoms with Gasteiger partial charge in [-0.1, -0.05) is 30.3 Å². The second kappa shape index (κ2) is 4.43. The minimum Gasteiger partial charge on any atom is -0.390 e. The number of aliphatic hydroxyl groups is 1. The average Bonchev–Trinajstić information content (AvgIpc) is 2.61. The van der Waals surface area contributed by atoms with Gasteiger partial charge < -0.3 is 5.11 Å². The lowest BCUT2D eigenvalue weighted by Gasteiger charge is -2.19. The van der Waals surface area contributed by atoms with E-state index in [1.807, 2.05) is 35.2 Å². The van der Waals surface area contributed by atoms with Crippen LogP contribution in [-0.2, 0) is 6.54 Å². The molecule has 0 aliphatic carbocycles. The summed E-state index contributed by atoms with van der Waals surface area (Å²) in [5.74, 6) is 0. The van der Waals surface area contributed by atoms with Crippen molar-refractivity contribution >= 4 is 0 Å². The Morgan fingerprint density at radius 1 is 1.40 bits per heavy atom. The number of benzene rings is 1. The van der Waals surface area contributed by atoms with E-state index in [9.17, 15) is 5.11 Å². The first-order valence-electron chi connectivity index (χ1n) is 5.17. The topological polar surface area (TPSA) is 47.3 Å².